The van der Waals surface area contributed by atoms with Gasteiger partial charge in [-0.2, -0.15) is 0 Å². The molecule has 0 N–H and O–H groups in total. The molecule has 46 heavy (non-hydrogen) atoms. The van der Waals surface area contributed by atoms with Crippen LogP contribution in [0.5, 0.6) is 0 Å². The van der Waals surface area contributed by atoms with Gasteiger partial charge in [0, 0.05) is 21.2 Å². The maximum Gasteiger partial charge on any atom is 0.227 e. The fraction of sp³-hybridized carbons (Fsp3) is 0. The third kappa shape index (κ3) is 4.46. The molecule has 2 heterocycles. The summed E-state index contributed by atoms with van der Waals surface area (Å²) in [5.41, 5.74) is 9.96. The zero-order chi connectivity index (χ0) is 30.5. The number of fused-ring (bicyclic) bond motifs is 4. The van der Waals surface area contributed by atoms with Crippen LogP contribution in [0.1, 0.15) is 0 Å². The van der Waals surface area contributed by atoms with Crippen molar-refractivity contribution >= 4 is 39.6 Å². The fourth-order valence-electron chi connectivity index (χ4n) is 6.72. The smallest absolute Gasteiger partial charge is 0.227 e. The van der Waals surface area contributed by atoms with Crippen LogP contribution in [0, 0.1) is 0 Å². The van der Waals surface area contributed by atoms with Crippen molar-refractivity contribution in [3.63, 3.8) is 0 Å². The maximum atomic E-state index is 6.39. The lowest BCUT2D eigenvalue weighted by Crippen LogP contribution is -1.85. The summed E-state index contributed by atoms with van der Waals surface area (Å²) in [5.74, 6) is 0.640. The van der Waals surface area contributed by atoms with Gasteiger partial charge in [0.25, 0.3) is 0 Å². The van der Waals surface area contributed by atoms with E-state index in [1.807, 2.05) is 24.3 Å². The zero-order valence-corrected chi connectivity index (χ0v) is 25.9. The van der Waals surface area contributed by atoms with Crippen molar-refractivity contribution in [3.05, 3.63) is 170 Å². The van der Waals surface area contributed by atoms with Crippen molar-refractivity contribution in [1.29, 1.82) is 0 Å². The summed E-state index contributed by atoms with van der Waals surface area (Å²) in [6.45, 7) is 0. The number of benzene rings is 7. The highest BCUT2D eigenvalue weighted by Gasteiger charge is 2.23. The van der Waals surface area contributed by atoms with Crippen molar-refractivity contribution in [2.24, 2.45) is 0 Å². The summed E-state index contributed by atoms with van der Waals surface area (Å²) >= 11 is 0. The van der Waals surface area contributed by atoms with Crippen LogP contribution in [0.2, 0.25) is 0 Å². The molecule has 9 aromatic rings. The summed E-state index contributed by atoms with van der Waals surface area (Å²) in [4.78, 5) is 4.95. The second-order valence-electron chi connectivity index (χ2n) is 11.6. The van der Waals surface area contributed by atoms with Crippen molar-refractivity contribution in [2.45, 2.75) is 0 Å². The monoisotopic (exact) mass is 605 g/mol. The Kier molecular flexibility index (Phi) is 6.40. The molecule has 0 aliphatic carbocycles. The first-order valence-electron chi connectivity index (χ1n) is 15.6. The number of hydrogen-bond acceptors (Lipinski definition) is 2. The quantitative estimate of drug-likeness (QED) is 0.195. The molecule has 2 nitrogen and oxygen atoms in total. The van der Waals surface area contributed by atoms with Gasteiger partial charge >= 0.3 is 0 Å². The van der Waals surface area contributed by atoms with Crippen molar-refractivity contribution in [2.75, 3.05) is 0 Å². The Labute approximate surface area is 268 Å². The molecule has 0 aliphatic rings. The van der Waals surface area contributed by atoms with Crippen molar-refractivity contribution in [3.8, 4) is 50.1 Å². The van der Waals surface area contributed by atoms with Gasteiger partial charge in [0.1, 0.15) is 5.52 Å². The molecule has 216 valence electrons. The molecule has 1 atom stereocenters. The second kappa shape index (κ2) is 11.0. The average molecular weight is 606 g/mol. The van der Waals surface area contributed by atoms with Crippen LogP contribution in [-0.2, 0) is 0 Å². The Morgan fingerprint density at radius 1 is 0.457 bits per heavy atom. The van der Waals surface area contributed by atoms with E-state index in [2.05, 4.69) is 146 Å². The SMILES string of the molecule is c1ccc(-c2cc(-c3ccccc3)c3c4cc(-c5nc6ccccc6o5)cc(-c5ccccc5)c4p(-c4ccccc4)c3c2)cc1. The normalized spacial score (nSPS) is 11.9. The summed E-state index contributed by atoms with van der Waals surface area (Å²) in [7, 11) is -0.881. The molecule has 0 radical (unpaired) electrons. The number of aromatic nitrogens is 1. The Morgan fingerprint density at radius 2 is 1.02 bits per heavy atom. The van der Waals surface area contributed by atoms with Gasteiger partial charge in [-0.25, -0.2) is 4.98 Å². The van der Waals surface area contributed by atoms with Gasteiger partial charge in [-0.1, -0.05) is 141 Å². The van der Waals surface area contributed by atoms with Gasteiger partial charge in [-0.05, 0) is 80.5 Å². The molecule has 2 aromatic heterocycles. The predicted molar refractivity (Wildman–Crippen MR) is 195 cm³/mol. The second-order valence-corrected chi connectivity index (χ2v) is 13.7. The van der Waals surface area contributed by atoms with Crippen molar-refractivity contribution in [1.82, 2.24) is 4.98 Å². The summed E-state index contributed by atoms with van der Waals surface area (Å²) in [5, 5.41) is 6.65. The highest BCUT2D eigenvalue weighted by Crippen LogP contribution is 2.60. The molecule has 0 spiro atoms. The molecule has 0 fully saturated rings. The molecule has 0 amide bonds. The molecule has 1 unspecified atom stereocenters. The molecule has 0 saturated carbocycles. The van der Waals surface area contributed by atoms with E-state index in [0.29, 0.717) is 5.89 Å². The third-order valence-electron chi connectivity index (χ3n) is 8.79. The van der Waals surface area contributed by atoms with Gasteiger partial charge in [0.15, 0.2) is 5.58 Å². The molecule has 9 rings (SSSR count). The van der Waals surface area contributed by atoms with Gasteiger partial charge in [0.2, 0.25) is 5.89 Å². The van der Waals surface area contributed by atoms with Crippen LogP contribution in [0.15, 0.2) is 174 Å². The van der Waals surface area contributed by atoms with E-state index in [-0.39, 0.29) is 0 Å². The van der Waals surface area contributed by atoms with Gasteiger partial charge in [-0.3, -0.25) is 0 Å². The predicted octanol–water partition coefficient (Wildman–Crippen LogP) is 12.8. The standard InChI is InChI=1S/C43H28NOP/c1-5-15-29(16-6-1)32-25-35(30-17-7-2-8-18-30)41-37-27-33(43-44-38-23-13-14-24-39(38)45-43)26-36(31-19-9-3-10-20-31)42(37)46(40(41)28-32)34-21-11-4-12-22-34/h1-28H. The van der Waals surface area contributed by atoms with E-state index in [0.717, 1.165) is 16.7 Å². The first-order chi connectivity index (χ1) is 22.8. The van der Waals surface area contributed by atoms with Crippen LogP contribution in [0.25, 0.3) is 82.2 Å². The van der Waals surface area contributed by atoms with E-state index >= 15 is 0 Å². The molecule has 0 saturated heterocycles. The van der Waals surface area contributed by atoms with E-state index in [9.17, 15) is 0 Å². The highest BCUT2D eigenvalue weighted by molar-refractivity contribution is 7.68. The topological polar surface area (TPSA) is 26.0 Å². The summed E-state index contributed by atoms with van der Waals surface area (Å²) in [6, 6.07) is 60.9. The third-order valence-corrected chi connectivity index (χ3v) is 11.4. The van der Waals surface area contributed by atoms with E-state index in [4.69, 9.17) is 9.40 Å². The Hall–Kier alpha value is -5.69. The van der Waals surface area contributed by atoms with E-state index < -0.39 is 7.53 Å². The van der Waals surface area contributed by atoms with Crippen LogP contribution in [-0.4, -0.2) is 4.98 Å². The first kappa shape index (κ1) is 26.7. The highest BCUT2D eigenvalue weighted by atomic mass is 31.1. The summed E-state index contributed by atoms with van der Waals surface area (Å²) in [6.07, 6.45) is 0. The zero-order valence-electron chi connectivity index (χ0n) is 25.0. The molecule has 0 bridgehead atoms. The number of rotatable bonds is 5. The Balaban J connectivity index is 1.49. The number of hydrogen-bond donors (Lipinski definition) is 0. The fourth-order valence-corrected chi connectivity index (χ4v) is 9.55. The minimum Gasteiger partial charge on any atom is -0.436 e. The van der Waals surface area contributed by atoms with Gasteiger partial charge in [0.05, 0.1) is 0 Å². The molecule has 0 aliphatic heterocycles. The van der Waals surface area contributed by atoms with E-state index in [1.54, 1.807) is 0 Å². The first-order valence-corrected chi connectivity index (χ1v) is 16.9. The van der Waals surface area contributed by atoms with Gasteiger partial charge < -0.3 is 4.42 Å². The lowest BCUT2D eigenvalue weighted by Gasteiger charge is -2.11. The Bertz CT molecular complexity index is 2460. The maximum absolute atomic E-state index is 6.39. The molecular formula is C43H28NOP. The van der Waals surface area contributed by atoms with Crippen molar-refractivity contribution < 1.29 is 4.42 Å². The summed E-state index contributed by atoms with van der Waals surface area (Å²) < 4.78 is 6.39. The minimum atomic E-state index is -0.881. The van der Waals surface area contributed by atoms with Gasteiger partial charge in [-0.15, -0.1) is 0 Å². The number of para-hydroxylation sites is 2. The Morgan fingerprint density at radius 3 is 1.70 bits per heavy atom. The largest absolute Gasteiger partial charge is 0.436 e. The molecule has 3 heteroatoms. The lowest BCUT2D eigenvalue weighted by atomic mass is 9.93. The van der Waals surface area contributed by atoms with Crippen LogP contribution in [0.4, 0.5) is 0 Å². The minimum absolute atomic E-state index is 0.640. The van der Waals surface area contributed by atoms with Crippen LogP contribution >= 0.6 is 7.53 Å². The van der Waals surface area contributed by atoms with Crippen LogP contribution < -0.4 is 0 Å². The number of nitrogens with zero attached hydrogens (tertiary/aromatic N) is 1. The average Bonchev–Trinajstić information content (AvgIpc) is 3.72. The molecular weight excluding hydrogens is 577 g/mol. The molecule has 7 aromatic carbocycles. The number of oxazole rings is 1. The van der Waals surface area contributed by atoms with E-state index in [1.165, 1.54) is 59.7 Å². The van der Waals surface area contributed by atoms with Crippen LogP contribution in [0.3, 0.4) is 0 Å². The lowest BCUT2D eigenvalue weighted by molar-refractivity contribution is 0.620.